The molecule has 0 aliphatic heterocycles. The number of hydrogen-bond donors (Lipinski definition) is 1. The van der Waals surface area contributed by atoms with Gasteiger partial charge in [-0.25, -0.2) is 4.39 Å². The first-order valence-corrected chi connectivity index (χ1v) is 5.72. The fourth-order valence-electron chi connectivity index (χ4n) is 1.61. The Kier molecular flexibility index (Phi) is 3.45. The largest absolute Gasteiger partial charge is 0.320 e. The van der Waals surface area contributed by atoms with Crippen molar-refractivity contribution in [1.82, 2.24) is 9.78 Å². The quantitative estimate of drug-likeness (QED) is 0.914. The van der Waals surface area contributed by atoms with Crippen LogP contribution in [0.25, 0.3) is 0 Å². The lowest BCUT2D eigenvalue weighted by atomic mass is 10.0. The van der Waals surface area contributed by atoms with Crippen molar-refractivity contribution in [2.75, 3.05) is 0 Å². The molecule has 0 unspecified atom stereocenters. The van der Waals surface area contributed by atoms with Crippen molar-refractivity contribution >= 4 is 11.6 Å². The Hall–Kier alpha value is -1.39. The van der Waals surface area contributed by atoms with Crippen molar-refractivity contribution in [2.45, 2.75) is 19.5 Å². The minimum atomic E-state index is -0.456. The van der Waals surface area contributed by atoms with E-state index in [1.807, 2.05) is 13.1 Å². The lowest BCUT2D eigenvalue weighted by molar-refractivity contribution is 0.624. The molecule has 0 fully saturated rings. The topological polar surface area (TPSA) is 43.8 Å². The summed E-state index contributed by atoms with van der Waals surface area (Å²) in [6, 6.07) is 4.20. The Labute approximate surface area is 104 Å². The van der Waals surface area contributed by atoms with Gasteiger partial charge in [-0.3, -0.25) is 4.68 Å². The molecular weight excluding hydrogens is 241 g/mol. The van der Waals surface area contributed by atoms with Crippen molar-refractivity contribution in [3.05, 3.63) is 52.6 Å². The van der Waals surface area contributed by atoms with E-state index >= 15 is 0 Å². The van der Waals surface area contributed by atoms with Gasteiger partial charge in [0.2, 0.25) is 0 Å². The van der Waals surface area contributed by atoms with E-state index in [9.17, 15) is 4.39 Å². The highest BCUT2D eigenvalue weighted by molar-refractivity contribution is 6.30. The zero-order valence-electron chi connectivity index (χ0n) is 9.40. The predicted molar refractivity (Wildman–Crippen MR) is 65.3 cm³/mol. The SMILES string of the molecule is CCn1cc([C@H](N)c2ccc(Cl)c(F)c2)cn1. The molecule has 0 saturated carbocycles. The molecule has 0 saturated heterocycles. The number of rotatable bonds is 3. The summed E-state index contributed by atoms with van der Waals surface area (Å²) in [7, 11) is 0. The van der Waals surface area contributed by atoms with E-state index in [-0.39, 0.29) is 11.1 Å². The van der Waals surface area contributed by atoms with Crippen LogP contribution in [0.5, 0.6) is 0 Å². The number of aromatic nitrogens is 2. The third-order valence-corrected chi connectivity index (χ3v) is 2.95. The molecule has 0 amide bonds. The van der Waals surface area contributed by atoms with Crippen LogP contribution in [0, 0.1) is 5.82 Å². The molecule has 0 aliphatic rings. The number of nitrogens with two attached hydrogens (primary N) is 1. The maximum atomic E-state index is 13.3. The van der Waals surface area contributed by atoms with Gasteiger partial charge in [0.05, 0.1) is 17.3 Å². The lowest BCUT2D eigenvalue weighted by Crippen LogP contribution is -2.11. The maximum absolute atomic E-state index is 13.3. The van der Waals surface area contributed by atoms with Crippen molar-refractivity contribution in [3.63, 3.8) is 0 Å². The minimum absolute atomic E-state index is 0.102. The van der Waals surface area contributed by atoms with E-state index < -0.39 is 5.82 Å². The van der Waals surface area contributed by atoms with Crippen molar-refractivity contribution < 1.29 is 4.39 Å². The fraction of sp³-hybridized carbons (Fsp3) is 0.250. The highest BCUT2D eigenvalue weighted by atomic mass is 35.5. The summed E-state index contributed by atoms with van der Waals surface area (Å²) >= 11 is 5.63. The van der Waals surface area contributed by atoms with Gasteiger partial charge in [-0.2, -0.15) is 5.10 Å². The Morgan fingerprint density at radius 3 is 2.82 bits per heavy atom. The highest BCUT2D eigenvalue weighted by Gasteiger charge is 2.12. The van der Waals surface area contributed by atoms with Gasteiger partial charge in [0.1, 0.15) is 5.82 Å². The van der Waals surface area contributed by atoms with E-state index in [0.717, 1.165) is 12.1 Å². The third kappa shape index (κ3) is 2.48. The molecule has 90 valence electrons. The van der Waals surface area contributed by atoms with Crippen molar-refractivity contribution in [3.8, 4) is 0 Å². The Morgan fingerprint density at radius 2 is 2.24 bits per heavy atom. The molecule has 1 atom stereocenters. The molecule has 0 spiro atoms. The van der Waals surface area contributed by atoms with E-state index in [0.29, 0.717) is 5.56 Å². The number of hydrogen-bond acceptors (Lipinski definition) is 2. The predicted octanol–water partition coefficient (Wildman–Crippen LogP) is 2.74. The Morgan fingerprint density at radius 1 is 1.47 bits per heavy atom. The molecule has 2 N–H and O–H groups in total. The van der Waals surface area contributed by atoms with Gasteiger partial charge in [-0.1, -0.05) is 17.7 Å². The van der Waals surface area contributed by atoms with E-state index in [4.69, 9.17) is 17.3 Å². The Bertz CT molecular complexity index is 524. The Balaban J connectivity index is 2.29. The molecule has 3 nitrogen and oxygen atoms in total. The van der Waals surface area contributed by atoms with Gasteiger partial charge in [-0.05, 0) is 24.6 Å². The van der Waals surface area contributed by atoms with Crippen LogP contribution in [0.4, 0.5) is 4.39 Å². The van der Waals surface area contributed by atoms with Crippen LogP contribution in [-0.4, -0.2) is 9.78 Å². The fourth-order valence-corrected chi connectivity index (χ4v) is 1.73. The van der Waals surface area contributed by atoms with E-state index in [1.165, 1.54) is 12.1 Å². The van der Waals surface area contributed by atoms with Gasteiger partial charge in [0, 0.05) is 18.3 Å². The van der Waals surface area contributed by atoms with E-state index in [2.05, 4.69) is 5.10 Å². The second-order valence-electron chi connectivity index (χ2n) is 3.78. The number of nitrogens with zero attached hydrogens (tertiary/aromatic N) is 2. The summed E-state index contributed by atoms with van der Waals surface area (Å²) in [5.74, 6) is -0.456. The molecule has 0 aliphatic carbocycles. The normalized spacial score (nSPS) is 12.7. The van der Waals surface area contributed by atoms with Crippen LogP contribution in [0.2, 0.25) is 5.02 Å². The zero-order chi connectivity index (χ0) is 12.4. The molecule has 0 radical (unpaired) electrons. The minimum Gasteiger partial charge on any atom is -0.320 e. The van der Waals surface area contributed by atoms with Gasteiger partial charge in [-0.15, -0.1) is 0 Å². The lowest BCUT2D eigenvalue weighted by Gasteiger charge is -2.10. The van der Waals surface area contributed by atoms with Gasteiger partial charge in [0.15, 0.2) is 0 Å². The van der Waals surface area contributed by atoms with Crippen LogP contribution in [0.15, 0.2) is 30.6 Å². The summed E-state index contributed by atoms with van der Waals surface area (Å²) in [4.78, 5) is 0. The average Bonchev–Trinajstić information content (AvgIpc) is 2.80. The maximum Gasteiger partial charge on any atom is 0.142 e. The van der Waals surface area contributed by atoms with Crippen molar-refractivity contribution in [1.29, 1.82) is 0 Å². The summed E-state index contributed by atoms with van der Waals surface area (Å²) in [5.41, 5.74) is 7.58. The summed E-state index contributed by atoms with van der Waals surface area (Å²) in [5, 5.41) is 4.24. The molecule has 1 aromatic carbocycles. The first-order chi connectivity index (χ1) is 8.11. The highest BCUT2D eigenvalue weighted by Crippen LogP contribution is 2.23. The van der Waals surface area contributed by atoms with Crippen LogP contribution >= 0.6 is 11.6 Å². The zero-order valence-corrected chi connectivity index (χ0v) is 10.2. The van der Waals surface area contributed by atoms with Gasteiger partial charge < -0.3 is 5.73 Å². The third-order valence-electron chi connectivity index (χ3n) is 2.64. The second kappa shape index (κ2) is 4.85. The number of aryl methyl sites for hydroxylation is 1. The molecule has 0 bridgehead atoms. The first kappa shape index (κ1) is 12.1. The van der Waals surface area contributed by atoms with Crippen LogP contribution in [0.1, 0.15) is 24.1 Å². The molecule has 5 heteroatoms. The monoisotopic (exact) mass is 253 g/mol. The number of benzene rings is 1. The molecule has 1 aromatic heterocycles. The first-order valence-electron chi connectivity index (χ1n) is 5.34. The molecule has 2 aromatic rings. The van der Waals surface area contributed by atoms with Crippen LogP contribution < -0.4 is 5.73 Å². The van der Waals surface area contributed by atoms with Gasteiger partial charge in [0.25, 0.3) is 0 Å². The van der Waals surface area contributed by atoms with Crippen molar-refractivity contribution in [2.24, 2.45) is 5.73 Å². The van der Waals surface area contributed by atoms with Crippen LogP contribution in [0.3, 0.4) is 0 Å². The molecular formula is C12H13ClFN3. The van der Waals surface area contributed by atoms with Gasteiger partial charge >= 0.3 is 0 Å². The summed E-state index contributed by atoms with van der Waals surface area (Å²) in [6.07, 6.45) is 3.55. The number of halogens is 2. The standard InChI is InChI=1S/C12H13ClFN3/c1-2-17-7-9(6-16-17)12(15)8-3-4-10(13)11(14)5-8/h3-7,12H,2,15H2,1H3/t12-/m1/s1. The average molecular weight is 254 g/mol. The smallest absolute Gasteiger partial charge is 0.142 e. The summed E-state index contributed by atoms with van der Waals surface area (Å²) < 4.78 is 15.1. The summed E-state index contributed by atoms with van der Waals surface area (Å²) in [6.45, 7) is 2.77. The molecule has 2 rings (SSSR count). The molecule has 17 heavy (non-hydrogen) atoms. The van der Waals surface area contributed by atoms with E-state index in [1.54, 1.807) is 16.9 Å². The second-order valence-corrected chi connectivity index (χ2v) is 4.19. The van der Waals surface area contributed by atoms with Crippen LogP contribution in [-0.2, 0) is 6.54 Å². The molecule has 1 heterocycles.